The van der Waals surface area contributed by atoms with Crippen LogP contribution in [0.15, 0.2) is 24.3 Å². The maximum atomic E-state index is 12.7. The summed E-state index contributed by atoms with van der Waals surface area (Å²) in [6.07, 6.45) is 8.48. The Bertz CT molecular complexity index is 799. The van der Waals surface area contributed by atoms with Crippen LogP contribution in [0.25, 0.3) is 0 Å². The Morgan fingerprint density at radius 2 is 1.58 bits per heavy atom. The lowest BCUT2D eigenvalue weighted by molar-refractivity contribution is -0.136. The van der Waals surface area contributed by atoms with Gasteiger partial charge in [-0.15, -0.1) is 0 Å². The standard InChI is InChI=1S/C25H34ClN3O2/c26-22-4-2-1-3-21(22)17-28-5-7-29(8-6-28)24(31)16-27-23(30)15-25-12-18-9-19(13-25)11-20(10-18)14-25/h1-4,18-20H,5-17H2,(H,27,30). The third kappa shape index (κ3) is 4.78. The first-order valence-electron chi connectivity index (χ1n) is 12.0. The molecule has 4 bridgehead atoms. The molecule has 4 aliphatic carbocycles. The molecule has 0 atom stereocenters. The summed E-state index contributed by atoms with van der Waals surface area (Å²) >= 11 is 6.27. The van der Waals surface area contributed by atoms with Gasteiger partial charge in [0.05, 0.1) is 6.54 Å². The molecule has 5 nitrogen and oxygen atoms in total. The van der Waals surface area contributed by atoms with Crippen molar-refractivity contribution in [2.75, 3.05) is 32.7 Å². The van der Waals surface area contributed by atoms with E-state index in [1.807, 2.05) is 23.1 Å². The van der Waals surface area contributed by atoms with Crippen LogP contribution in [0, 0.1) is 23.2 Å². The zero-order valence-corrected chi connectivity index (χ0v) is 19.1. The molecule has 0 unspecified atom stereocenters. The molecule has 1 aliphatic heterocycles. The summed E-state index contributed by atoms with van der Waals surface area (Å²) < 4.78 is 0. The predicted molar refractivity (Wildman–Crippen MR) is 122 cm³/mol. The number of benzene rings is 1. The number of halogens is 1. The quantitative estimate of drug-likeness (QED) is 0.729. The van der Waals surface area contributed by atoms with E-state index in [0.717, 1.165) is 48.0 Å². The molecule has 0 aromatic heterocycles. The number of rotatable bonds is 6. The molecular weight excluding hydrogens is 410 g/mol. The fraction of sp³-hybridized carbons (Fsp3) is 0.680. The summed E-state index contributed by atoms with van der Waals surface area (Å²) in [6, 6.07) is 7.93. The molecule has 6 heteroatoms. The van der Waals surface area contributed by atoms with Gasteiger partial charge < -0.3 is 10.2 Å². The second-order valence-corrected chi connectivity index (χ2v) is 11.0. The van der Waals surface area contributed by atoms with Crippen LogP contribution in [0.2, 0.25) is 5.02 Å². The van der Waals surface area contributed by atoms with Crippen LogP contribution >= 0.6 is 11.6 Å². The van der Waals surface area contributed by atoms with Gasteiger partial charge in [0.15, 0.2) is 0 Å². The number of nitrogens with zero attached hydrogens (tertiary/aromatic N) is 2. The van der Waals surface area contributed by atoms with E-state index in [-0.39, 0.29) is 23.8 Å². The Kier molecular flexibility index (Phi) is 6.00. The lowest BCUT2D eigenvalue weighted by Crippen LogP contribution is -2.51. The Labute approximate surface area is 190 Å². The molecule has 1 aromatic rings. The number of hydrogen-bond acceptors (Lipinski definition) is 3. The van der Waals surface area contributed by atoms with Crippen LogP contribution in [-0.4, -0.2) is 54.3 Å². The van der Waals surface area contributed by atoms with Crippen molar-refractivity contribution in [3.63, 3.8) is 0 Å². The fourth-order valence-corrected chi connectivity index (χ4v) is 7.41. The first kappa shape index (κ1) is 21.3. The summed E-state index contributed by atoms with van der Waals surface area (Å²) in [4.78, 5) is 29.6. The summed E-state index contributed by atoms with van der Waals surface area (Å²) in [5.74, 6) is 2.66. The lowest BCUT2D eigenvalue weighted by Gasteiger charge is -2.56. The molecule has 2 amide bonds. The van der Waals surface area contributed by atoms with E-state index in [1.165, 1.54) is 38.5 Å². The van der Waals surface area contributed by atoms with Crippen LogP contribution in [-0.2, 0) is 16.1 Å². The largest absolute Gasteiger partial charge is 0.347 e. The van der Waals surface area contributed by atoms with Gasteiger partial charge in [0.1, 0.15) is 0 Å². The predicted octanol–water partition coefficient (Wildman–Crippen LogP) is 3.71. The van der Waals surface area contributed by atoms with Gasteiger partial charge in [-0.25, -0.2) is 0 Å². The van der Waals surface area contributed by atoms with E-state index in [4.69, 9.17) is 11.6 Å². The average Bonchev–Trinajstić information content (AvgIpc) is 2.73. The van der Waals surface area contributed by atoms with Crippen molar-refractivity contribution in [2.45, 2.75) is 51.5 Å². The summed E-state index contributed by atoms with van der Waals surface area (Å²) in [5.41, 5.74) is 1.35. The molecular formula is C25H34ClN3O2. The zero-order valence-electron chi connectivity index (χ0n) is 18.3. The van der Waals surface area contributed by atoms with Gasteiger partial charge in [-0.1, -0.05) is 29.8 Å². The maximum absolute atomic E-state index is 12.7. The lowest BCUT2D eigenvalue weighted by atomic mass is 9.49. The van der Waals surface area contributed by atoms with Crippen molar-refractivity contribution in [3.8, 4) is 0 Å². The highest BCUT2D eigenvalue weighted by Gasteiger charge is 2.51. The van der Waals surface area contributed by atoms with Gasteiger partial charge in [-0.3, -0.25) is 14.5 Å². The molecule has 168 valence electrons. The third-order valence-corrected chi connectivity index (χ3v) is 8.58. The van der Waals surface area contributed by atoms with Crippen LogP contribution < -0.4 is 5.32 Å². The number of amides is 2. The zero-order chi connectivity index (χ0) is 21.4. The highest BCUT2D eigenvalue weighted by Crippen LogP contribution is 2.61. The first-order chi connectivity index (χ1) is 15.0. The van der Waals surface area contributed by atoms with E-state index >= 15 is 0 Å². The third-order valence-electron chi connectivity index (χ3n) is 8.21. The monoisotopic (exact) mass is 443 g/mol. The van der Waals surface area contributed by atoms with E-state index < -0.39 is 0 Å². The molecule has 6 rings (SSSR count). The minimum Gasteiger partial charge on any atom is -0.347 e. The van der Waals surface area contributed by atoms with Crippen molar-refractivity contribution < 1.29 is 9.59 Å². The van der Waals surface area contributed by atoms with Gasteiger partial charge in [0.25, 0.3) is 0 Å². The number of hydrogen-bond donors (Lipinski definition) is 1. The first-order valence-corrected chi connectivity index (χ1v) is 12.4. The number of carbonyl (C=O) groups excluding carboxylic acids is 2. The normalized spacial score (nSPS) is 32.3. The summed E-state index contributed by atoms with van der Waals surface area (Å²) in [6.45, 7) is 4.01. The van der Waals surface area contributed by atoms with E-state index in [2.05, 4.69) is 16.3 Å². The van der Waals surface area contributed by atoms with Crippen molar-refractivity contribution >= 4 is 23.4 Å². The van der Waals surface area contributed by atoms with Gasteiger partial charge in [-0.05, 0) is 73.3 Å². The molecule has 4 saturated carbocycles. The highest BCUT2D eigenvalue weighted by atomic mass is 35.5. The molecule has 5 fully saturated rings. The Hall–Kier alpha value is -1.59. The molecule has 1 heterocycles. The topological polar surface area (TPSA) is 52.7 Å². The Morgan fingerprint density at radius 3 is 2.19 bits per heavy atom. The molecule has 0 spiro atoms. The van der Waals surface area contributed by atoms with Crippen LogP contribution in [0.5, 0.6) is 0 Å². The second-order valence-electron chi connectivity index (χ2n) is 10.6. The minimum absolute atomic E-state index is 0.0382. The minimum atomic E-state index is 0.0382. The van der Waals surface area contributed by atoms with Crippen molar-refractivity contribution in [2.24, 2.45) is 23.2 Å². The molecule has 31 heavy (non-hydrogen) atoms. The summed E-state index contributed by atoms with van der Waals surface area (Å²) in [7, 11) is 0. The molecule has 1 aromatic carbocycles. The Morgan fingerprint density at radius 1 is 0.968 bits per heavy atom. The maximum Gasteiger partial charge on any atom is 0.242 e. The van der Waals surface area contributed by atoms with Crippen molar-refractivity contribution in [1.82, 2.24) is 15.1 Å². The SMILES string of the molecule is O=C(CC12CC3CC(CC(C3)C1)C2)NCC(=O)N1CCN(Cc2ccccc2Cl)CC1. The molecule has 5 aliphatic rings. The van der Waals surface area contributed by atoms with Gasteiger partial charge >= 0.3 is 0 Å². The van der Waals surface area contributed by atoms with Gasteiger partial charge in [0, 0.05) is 44.2 Å². The van der Waals surface area contributed by atoms with Gasteiger partial charge in [-0.2, -0.15) is 0 Å². The highest BCUT2D eigenvalue weighted by molar-refractivity contribution is 6.31. The molecule has 0 radical (unpaired) electrons. The smallest absolute Gasteiger partial charge is 0.242 e. The number of nitrogens with one attached hydrogen (secondary N) is 1. The van der Waals surface area contributed by atoms with Crippen LogP contribution in [0.1, 0.15) is 50.5 Å². The number of piperazine rings is 1. The Balaban J connectivity index is 1.05. The van der Waals surface area contributed by atoms with Gasteiger partial charge in [0.2, 0.25) is 11.8 Å². The van der Waals surface area contributed by atoms with Crippen LogP contribution in [0.4, 0.5) is 0 Å². The summed E-state index contributed by atoms with van der Waals surface area (Å²) in [5, 5.41) is 3.75. The van der Waals surface area contributed by atoms with Crippen molar-refractivity contribution in [3.05, 3.63) is 34.9 Å². The van der Waals surface area contributed by atoms with E-state index in [9.17, 15) is 9.59 Å². The van der Waals surface area contributed by atoms with E-state index in [1.54, 1.807) is 0 Å². The van der Waals surface area contributed by atoms with E-state index in [0.29, 0.717) is 19.5 Å². The number of carbonyl (C=O) groups is 2. The van der Waals surface area contributed by atoms with Crippen LogP contribution in [0.3, 0.4) is 0 Å². The average molecular weight is 444 g/mol. The second kappa shape index (κ2) is 8.74. The fourth-order valence-electron chi connectivity index (χ4n) is 7.22. The molecule has 1 N–H and O–H groups in total. The van der Waals surface area contributed by atoms with Crippen molar-refractivity contribution in [1.29, 1.82) is 0 Å². The molecule has 1 saturated heterocycles.